The van der Waals surface area contributed by atoms with E-state index in [1.54, 1.807) is 5.56 Å². The predicted octanol–water partition coefficient (Wildman–Crippen LogP) is 10.4. The first-order valence-corrected chi connectivity index (χ1v) is 22.0. The highest BCUT2D eigenvalue weighted by atomic mass is 35.5. The van der Waals surface area contributed by atoms with Crippen molar-refractivity contribution < 1.29 is 0 Å². The van der Waals surface area contributed by atoms with Crippen molar-refractivity contribution in [1.82, 2.24) is 21.3 Å². The van der Waals surface area contributed by atoms with E-state index in [-0.39, 0.29) is 0 Å². The summed E-state index contributed by atoms with van der Waals surface area (Å²) >= 11 is 35.8. The molecule has 0 bridgehead atoms. The molecule has 8 atom stereocenters. The lowest BCUT2D eigenvalue weighted by molar-refractivity contribution is 0.675. The molecule has 4 aromatic carbocycles. The van der Waals surface area contributed by atoms with E-state index in [2.05, 4.69) is 70.7 Å². The minimum Gasteiger partial charge on any atom is -0.316 e. The van der Waals surface area contributed by atoms with Crippen LogP contribution in [0.1, 0.15) is 53.5 Å². The third kappa shape index (κ3) is 7.28. The summed E-state index contributed by atoms with van der Waals surface area (Å²) in [6.07, 6.45) is 5.32. The molecule has 4 aliphatic carbocycles. The molecular weight excluding hydrogens is 809 g/mol. The van der Waals surface area contributed by atoms with Gasteiger partial charge in [-0.25, -0.2) is 0 Å². The van der Waals surface area contributed by atoms with Crippen molar-refractivity contribution in [3.05, 3.63) is 137 Å². The molecule has 0 radical (unpaired) electrons. The molecule has 8 fully saturated rings. The Balaban J connectivity index is 0.0000000963. The van der Waals surface area contributed by atoms with E-state index in [0.29, 0.717) is 51.8 Å². The van der Waals surface area contributed by atoms with Crippen LogP contribution >= 0.6 is 69.6 Å². The number of fused-ring (bicyclic) bond motifs is 4. The van der Waals surface area contributed by atoms with E-state index in [1.165, 1.54) is 61.0 Å². The van der Waals surface area contributed by atoms with Gasteiger partial charge in [0.1, 0.15) is 0 Å². The zero-order valence-corrected chi connectivity index (χ0v) is 35.6. The molecule has 6 unspecified atom stereocenters. The van der Waals surface area contributed by atoms with Gasteiger partial charge in [-0.1, -0.05) is 118 Å². The number of rotatable bonds is 4. The Morgan fingerprint density at radius 3 is 0.891 bits per heavy atom. The largest absolute Gasteiger partial charge is 0.316 e. The normalized spacial score (nSPS) is 34.7. The molecule has 0 amide bonds. The number of aryl methyl sites for hydroxylation is 1. The smallest absolute Gasteiger partial charge is 0.0595 e. The summed E-state index contributed by atoms with van der Waals surface area (Å²) in [6.45, 7) is 11.3. The number of benzene rings is 4. The van der Waals surface area contributed by atoms with E-state index in [1.807, 2.05) is 36.4 Å². The quantitative estimate of drug-likeness (QED) is 0.165. The Bertz CT molecular complexity index is 1910. The molecule has 290 valence electrons. The lowest BCUT2D eigenvalue weighted by Crippen LogP contribution is -2.19. The van der Waals surface area contributed by atoms with Gasteiger partial charge < -0.3 is 21.3 Å². The minimum atomic E-state index is 0.383. The Hall–Kier alpha value is -1.54. The van der Waals surface area contributed by atoms with Gasteiger partial charge >= 0.3 is 0 Å². The van der Waals surface area contributed by atoms with Crippen LogP contribution in [0.15, 0.2) is 78.9 Å². The topological polar surface area (TPSA) is 48.1 Å². The monoisotopic (exact) mass is 854 g/mol. The van der Waals surface area contributed by atoms with Crippen LogP contribution in [0.3, 0.4) is 0 Å². The zero-order valence-electron chi connectivity index (χ0n) is 31.1. The Morgan fingerprint density at radius 2 is 0.655 bits per heavy atom. The second-order valence-corrected chi connectivity index (χ2v) is 19.9. The lowest BCUT2D eigenvalue weighted by atomic mass is 9.94. The second kappa shape index (κ2) is 14.9. The predicted molar refractivity (Wildman–Crippen MR) is 231 cm³/mol. The van der Waals surface area contributed by atoms with Crippen LogP contribution < -0.4 is 21.3 Å². The van der Waals surface area contributed by atoms with Crippen molar-refractivity contribution in [2.75, 3.05) is 52.4 Å². The van der Waals surface area contributed by atoms with Gasteiger partial charge in [0, 0.05) is 47.8 Å². The van der Waals surface area contributed by atoms with E-state index in [4.69, 9.17) is 69.6 Å². The standard InChI is InChI=1S/C12H15N.3C11H11Cl2N/c1-9-2-4-10(5-3-9)12-6-11(12)7-13-8-12;3*12-9-2-1-7(3-10(9)13)11-4-8(11)5-14-6-11/h2-5,11,13H,6-8H2,1H3;3*1-3,8,14H,4-6H2/t;2*8?,11-;/m.10./s1. The van der Waals surface area contributed by atoms with Crippen molar-refractivity contribution in [2.45, 2.75) is 54.3 Å². The van der Waals surface area contributed by atoms with Crippen LogP contribution in [0.5, 0.6) is 0 Å². The van der Waals surface area contributed by atoms with Gasteiger partial charge in [-0.05, 0) is 141 Å². The van der Waals surface area contributed by atoms with Crippen molar-refractivity contribution in [1.29, 1.82) is 0 Å². The first kappa shape index (κ1) is 38.9. The molecule has 8 aliphatic rings. The molecule has 4 aliphatic heterocycles. The zero-order chi connectivity index (χ0) is 38.2. The number of nitrogens with one attached hydrogen (secondary N) is 4. The highest BCUT2D eigenvalue weighted by Gasteiger charge is 2.60. The molecule has 4 heterocycles. The molecule has 12 rings (SSSR count). The first-order valence-electron chi connectivity index (χ1n) is 19.7. The molecule has 4 nitrogen and oxygen atoms in total. The molecule has 4 saturated heterocycles. The number of hydrogen-bond donors (Lipinski definition) is 4. The van der Waals surface area contributed by atoms with Gasteiger partial charge in [-0.2, -0.15) is 0 Å². The maximum absolute atomic E-state index is 6.02. The second-order valence-electron chi connectivity index (χ2n) is 17.5. The fraction of sp³-hybridized carbons (Fsp3) is 0.467. The van der Waals surface area contributed by atoms with Crippen LogP contribution in [-0.2, 0) is 21.7 Å². The number of halogens is 6. The third-order valence-corrected chi connectivity index (χ3v) is 16.6. The van der Waals surface area contributed by atoms with Gasteiger partial charge in [0.05, 0.1) is 30.1 Å². The summed E-state index contributed by atoms with van der Waals surface area (Å²) in [7, 11) is 0. The van der Waals surface area contributed by atoms with Gasteiger partial charge in [0.25, 0.3) is 0 Å². The molecule has 0 aromatic heterocycles. The van der Waals surface area contributed by atoms with Gasteiger partial charge in [0.2, 0.25) is 0 Å². The molecular formula is C45H48Cl6N4. The molecule has 10 heteroatoms. The fourth-order valence-electron chi connectivity index (χ4n) is 10.5. The number of piperidine rings is 4. The van der Waals surface area contributed by atoms with Gasteiger partial charge in [0.15, 0.2) is 0 Å². The Kier molecular flexibility index (Phi) is 10.6. The van der Waals surface area contributed by atoms with Crippen LogP contribution in [0.4, 0.5) is 0 Å². The maximum atomic E-state index is 6.02. The van der Waals surface area contributed by atoms with Crippen molar-refractivity contribution in [3.8, 4) is 0 Å². The lowest BCUT2D eigenvalue weighted by Gasteiger charge is -2.12. The van der Waals surface area contributed by atoms with Crippen LogP contribution in [0.2, 0.25) is 30.1 Å². The molecule has 4 aromatic rings. The van der Waals surface area contributed by atoms with E-state index in [9.17, 15) is 0 Å². The maximum Gasteiger partial charge on any atom is 0.0595 e. The molecule has 4 N–H and O–H groups in total. The van der Waals surface area contributed by atoms with E-state index in [0.717, 1.165) is 62.9 Å². The van der Waals surface area contributed by atoms with E-state index < -0.39 is 0 Å². The number of hydrogen-bond acceptors (Lipinski definition) is 4. The SMILES string of the molecule is Cc1ccc(C23CNCC2C3)cc1.Clc1ccc(C23CNCC2C3)cc1Cl.Clc1ccc([C@@]23CNCC2C3)cc1Cl.Clc1ccc([C@]23CNCC2C3)cc1Cl. The first-order chi connectivity index (χ1) is 26.5. The van der Waals surface area contributed by atoms with Crippen LogP contribution in [0.25, 0.3) is 0 Å². The highest BCUT2D eigenvalue weighted by Crippen LogP contribution is 2.59. The van der Waals surface area contributed by atoms with Crippen molar-refractivity contribution in [3.63, 3.8) is 0 Å². The molecule has 0 spiro atoms. The van der Waals surface area contributed by atoms with Crippen molar-refractivity contribution >= 4 is 69.6 Å². The fourth-order valence-corrected chi connectivity index (χ4v) is 11.4. The summed E-state index contributed by atoms with van der Waals surface area (Å²) in [5.41, 5.74) is 8.65. The average Bonchev–Trinajstić information content (AvgIpc) is 4.17. The summed E-state index contributed by atoms with van der Waals surface area (Å²) in [5, 5.41) is 17.7. The summed E-state index contributed by atoms with van der Waals surface area (Å²) in [4.78, 5) is 0. The average molecular weight is 858 g/mol. The molecule has 55 heavy (non-hydrogen) atoms. The summed E-state index contributed by atoms with van der Waals surface area (Å²) in [6, 6.07) is 27.2. The highest BCUT2D eigenvalue weighted by molar-refractivity contribution is 6.43. The summed E-state index contributed by atoms with van der Waals surface area (Å²) in [5.74, 6) is 3.38. The van der Waals surface area contributed by atoms with Crippen LogP contribution in [0, 0.1) is 30.6 Å². The van der Waals surface area contributed by atoms with Gasteiger partial charge in [-0.15, -0.1) is 0 Å². The third-order valence-electron chi connectivity index (χ3n) is 14.4. The minimum absolute atomic E-state index is 0.383. The Morgan fingerprint density at radius 1 is 0.382 bits per heavy atom. The summed E-state index contributed by atoms with van der Waals surface area (Å²) < 4.78 is 0. The molecule has 4 saturated carbocycles. The Labute approximate surface area is 355 Å². The van der Waals surface area contributed by atoms with Crippen molar-refractivity contribution in [2.24, 2.45) is 23.7 Å². The van der Waals surface area contributed by atoms with Crippen LogP contribution in [-0.4, -0.2) is 52.4 Å². The van der Waals surface area contributed by atoms with E-state index >= 15 is 0 Å². The van der Waals surface area contributed by atoms with Gasteiger partial charge in [-0.3, -0.25) is 0 Å².